The van der Waals surface area contributed by atoms with Gasteiger partial charge in [0.1, 0.15) is 10.5 Å². The van der Waals surface area contributed by atoms with Crippen molar-refractivity contribution >= 4 is 30.6 Å². The van der Waals surface area contributed by atoms with Crippen LogP contribution in [0.5, 0.6) is 5.75 Å². The maximum Gasteiger partial charge on any atom is 0.192 e. The minimum atomic E-state index is -1.93. The molecule has 1 aromatic carbocycles. The second-order valence-corrected chi connectivity index (χ2v) is 21.3. The molecule has 0 aliphatic heterocycles. The first-order valence-electron chi connectivity index (χ1n) is 15.9. The number of nitrogens with zero attached hydrogens (tertiary/aromatic N) is 4. The Morgan fingerprint density at radius 3 is 2.36 bits per heavy atom. The summed E-state index contributed by atoms with van der Waals surface area (Å²) in [5.41, 5.74) is 4.33. The van der Waals surface area contributed by atoms with E-state index in [2.05, 4.69) is 51.6 Å². The number of benzene rings is 1. The van der Waals surface area contributed by atoms with Crippen molar-refractivity contribution in [2.45, 2.75) is 117 Å². The second-order valence-electron chi connectivity index (χ2n) is 14.5. The van der Waals surface area contributed by atoms with Gasteiger partial charge in [-0.2, -0.15) is 5.10 Å². The van der Waals surface area contributed by atoms with Crippen molar-refractivity contribution in [3.8, 4) is 22.8 Å². The van der Waals surface area contributed by atoms with E-state index < -0.39 is 19.7 Å². The van der Waals surface area contributed by atoms with E-state index in [1.807, 2.05) is 88.0 Å². The Balaban J connectivity index is 1.75. The van der Waals surface area contributed by atoms with Gasteiger partial charge in [-0.25, -0.2) is 9.67 Å². The molecule has 3 heterocycles. The molecule has 0 radical (unpaired) electrons. The van der Waals surface area contributed by atoms with E-state index in [9.17, 15) is 4.55 Å². The molecule has 0 bridgehead atoms. The number of hydrogen-bond donors (Lipinski definition) is 1. The van der Waals surface area contributed by atoms with Crippen molar-refractivity contribution in [3.63, 3.8) is 0 Å². The molecule has 1 unspecified atom stereocenters. The lowest BCUT2D eigenvalue weighted by atomic mass is 10.1. The highest BCUT2D eigenvalue weighted by Crippen LogP contribution is 2.37. The van der Waals surface area contributed by atoms with Gasteiger partial charge in [0.15, 0.2) is 14.1 Å². The number of pyridine rings is 2. The molecule has 0 spiro atoms. The summed E-state index contributed by atoms with van der Waals surface area (Å²) in [6.45, 7) is 23.8. The van der Waals surface area contributed by atoms with Crippen LogP contribution >= 0.6 is 0 Å². The maximum absolute atomic E-state index is 13.0. The van der Waals surface area contributed by atoms with Gasteiger partial charge in [-0.1, -0.05) is 46.2 Å². The number of fused-ring (bicyclic) bond motifs is 1. The third-order valence-electron chi connectivity index (χ3n) is 8.22. The smallest absolute Gasteiger partial charge is 0.192 e. The van der Waals surface area contributed by atoms with Gasteiger partial charge in [-0.3, -0.25) is 4.98 Å². The minimum Gasteiger partial charge on any atom is -0.598 e. The Bertz CT molecular complexity index is 1590. The molecule has 1 N–H and O–H groups in total. The van der Waals surface area contributed by atoms with Gasteiger partial charge in [0, 0.05) is 16.9 Å². The van der Waals surface area contributed by atoms with Crippen LogP contribution in [0.4, 0.5) is 0 Å². The van der Waals surface area contributed by atoms with Crippen LogP contribution in [-0.2, 0) is 22.4 Å². The van der Waals surface area contributed by atoms with Crippen molar-refractivity contribution in [3.05, 3.63) is 66.1 Å². The van der Waals surface area contributed by atoms with E-state index in [4.69, 9.17) is 24.2 Å². The topological polar surface area (TPSA) is 97.1 Å². The van der Waals surface area contributed by atoms with Crippen molar-refractivity contribution < 1.29 is 13.7 Å². The minimum absolute atomic E-state index is 0.0226. The first-order chi connectivity index (χ1) is 21.0. The lowest BCUT2D eigenvalue weighted by molar-refractivity contribution is 0.245. The zero-order valence-electron chi connectivity index (χ0n) is 28.9. The van der Waals surface area contributed by atoms with Gasteiger partial charge in [0.2, 0.25) is 0 Å². The molecule has 2 atom stereocenters. The first kappa shape index (κ1) is 35.1. The molecule has 4 rings (SSSR count). The van der Waals surface area contributed by atoms with Crippen LogP contribution in [0.15, 0.2) is 54.7 Å². The average molecular weight is 650 g/mol. The molecular weight excluding hydrogens is 599 g/mol. The second kappa shape index (κ2) is 13.9. The Kier molecular flexibility index (Phi) is 10.9. The first-order valence-corrected chi connectivity index (χ1v) is 20.0. The van der Waals surface area contributed by atoms with E-state index in [0.29, 0.717) is 12.4 Å². The van der Waals surface area contributed by atoms with Crippen LogP contribution in [0.2, 0.25) is 18.1 Å². The predicted octanol–water partition coefficient (Wildman–Crippen LogP) is 8.68. The molecule has 0 aliphatic rings. The molecule has 0 amide bonds. The highest BCUT2D eigenvalue weighted by Gasteiger charge is 2.37. The lowest BCUT2D eigenvalue weighted by Gasteiger charge is -2.36. The summed E-state index contributed by atoms with van der Waals surface area (Å²) in [6.07, 6.45) is 3.58. The number of rotatable bonds is 12. The summed E-state index contributed by atoms with van der Waals surface area (Å²) in [6, 6.07) is 16.0. The molecule has 4 aromatic rings. The van der Waals surface area contributed by atoms with Gasteiger partial charge < -0.3 is 13.7 Å². The Labute approximate surface area is 273 Å². The average Bonchev–Trinajstić information content (AvgIpc) is 3.39. The molecule has 0 fully saturated rings. The zero-order chi connectivity index (χ0) is 33.2. The normalized spacial score (nSPS) is 14.2. The number of hydrogen-bond acceptors (Lipinski definition) is 7. The standard InChI is InChI=1S/C35H51N5O3SSi/c1-12-15-30(39-44(41)34(4,5)6)29-18-14-17-28(38-29)25-20-31-27(32(21-25)43-24(2)3)22-36-40(31)33-19-13-16-26(37-33)23-42-45(10,11)35(7,8)9/h13-14,16-22,24,30,39H,12,15,23H2,1-11H3/t30-,44?/m0/s1. The number of nitrogens with one attached hydrogen (secondary N) is 1. The molecule has 0 aliphatic carbocycles. The summed E-state index contributed by atoms with van der Waals surface area (Å²) < 4.78 is 30.6. The molecule has 10 heteroatoms. The van der Waals surface area contributed by atoms with Crippen LogP contribution < -0.4 is 9.46 Å². The van der Waals surface area contributed by atoms with Gasteiger partial charge >= 0.3 is 0 Å². The summed E-state index contributed by atoms with van der Waals surface area (Å²) in [4.78, 5) is 10.0. The van der Waals surface area contributed by atoms with E-state index >= 15 is 0 Å². The summed E-state index contributed by atoms with van der Waals surface area (Å²) in [5.74, 6) is 1.46. The third-order valence-corrected chi connectivity index (χ3v) is 14.3. The van der Waals surface area contributed by atoms with Crippen LogP contribution in [-0.4, -0.2) is 43.5 Å². The summed E-state index contributed by atoms with van der Waals surface area (Å²) in [7, 11) is -1.93. The van der Waals surface area contributed by atoms with Gasteiger partial charge in [0.25, 0.3) is 0 Å². The van der Waals surface area contributed by atoms with Crippen molar-refractivity contribution in [1.82, 2.24) is 24.5 Å². The monoisotopic (exact) mass is 649 g/mol. The highest BCUT2D eigenvalue weighted by molar-refractivity contribution is 7.90. The quantitative estimate of drug-likeness (QED) is 0.121. The fourth-order valence-corrected chi connectivity index (χ4v) is 6.37. The van der Waals surface area contributed by atoms with Gasteiger partial charge in [0.05, 0.1) is 52.9 Å². The molecule has 45 heavy (non-hydrogen) atoms. The molecule has 0 saturated heterocycles. The number of ether oxygens (including phenoxy) is 1. The van der Waals surface area contributed by atoms with E-state index in [1.54, 1.807) is 0 Å². The zero-order valence-corrected chi connectivity index (χ0v) is 30.7. The van der Waals surface area contributed by atoms with Crippen LogP contribution in [0.1, 0.15) is 92.6 Å². The number of aromatic nitrogens is 4. The third kappa shape index (κ3) is 8.54. The van der Waals surface area contributed by atoms with Crippen molar-refractivity contribution in [1.29, 1.82) is 0 Å². The fraction of sp³-hybridized carbons (Fsp3) is 0.514. The summed E-state index contributed by atoms with van der Waals surface area (Å²) in [5, 5.41) is 5.78. The Hall–Kier alpha value is -2.76. The van der Waals surface area contributed by atoms with Crippen LogP contribution in [0.3, 0.4) is 0 Å². The fourth-order valence-electron chi connectivity index (χ4n) is 4.58. The van der Waals surface area contributed by atoms with Crippen molar-refractivity contribution in [2.75, 3.05) is 0 Å². The van der Waals surface area contributed by atoms with E-state index in [-0.39, 0.29) is 21.9 Å². The highest BCUT2D eigenvalue weighted by atomic mass is 32.2. The lowest BCUT2D eigenvalue weighted by Crippen LogP contribution is -2.41. The maximum atomic E-state index is 13.0. The predicted molar refractivity (Wildman–Crippen MR) is 189 cm³/mol. The Morgan fingerprint density at radius 2 is 1.71 bits per heavy atom. The SMILES string of the molecule is CCC[C@H](N[S+]([O-])C(C)(C)C)c1cccc(-c2cc(OC(C)C)c3cnn(-c4cccc(CO[Si](C)(C)C(C)(C)C)n4)c3c2)n1. The van der Waals surface area contributed by atoms with Crippen LogP contribution in [0, 0.1) is 0 Å². The molecule has 3 aromatic heterocycles. The van der Waals surface area contributed by atoms with Crippen molar-refractivity contribution in [2.24, 2.45) is 0 Å². The van der Waals surface area contributed by atoms with Gasteiger partial charge in [-0.05, 0) is 95.6 Å². The molecule has 244 valence electrons. The largest absolute Gasteiger partial charge is 0.598 e. The molecule has 0 saturated carbocycles. The Morgan fingerprint density at radius 1 is 1.00 bits per heavy atom. The summed E-state index contributed by atoms with van der Waals surface area (Å²) >= 11 is -1.22. The molecule has 8 nitrogen and oxygen atoms in total. The van der Waals surface area contributed by atoms with Gasteiger partial charge in [-0.15, -0.1) is 4.72 Å². The van der Waals surface area contributed by atoms with E-state index in [1.165, 1.54) is 0 Å². The molecular formula is C35H51N5O3SSi. The van der Waals surface area contributed by atoms with E-state index in [0.717, 1.165) is 52.1 Å². The van der Waals surface area contributed by atoms with Crippen LogP contribution in [0.25, 0.3) is 28.0 Å².